The molecule has 1 aromatic carbocycles. The van der Waals surface area contributed by atoms with Gasteiger partial charge in [-0.15, -0.1) is 0 Å². The summed E-state index contributed by atoms with van der Waals surface area (Å²) in [6.07, 6.45) is 0.820. The molecule has 25 heavy (non-hydrogen) atoms. The minimum atomic E-state index is -0.344. The topological polar surface area (TPSA) is 60.1 Å². The van der Waals surface area contributed by atoms with Crippen molar-refractivity contribution in [1.29, 1.82) is 0 Å². The minimum Gasteiger partial charge on any atom is -0.460 e. The van der Waals surface area contributed by atoms with Crippen molar-refractivity contribution in [1.82, 2.24) is 15.1 Å². The number of nitrogens with zero attached hydrogens (tertiary/aromatic N) is 2. The molecule has 0 aliphatic carbocycles. The summed E-state index contributed by atoms with van der Waals surface area (Å²) in [5.41, 5.74) is 1.52. The molecule has 0 saturated carbocycles. The van der Waals surface area contributed by atoms with Crippen molar-refractivity contribution in [3.8, 4) is 17.1 Å². The fourth-order valence-corrected chi connectivity index (χ4v) is 2.41. The van der Waals surface area contributed by atoms with Gasteiger partial charge in [-0.05, 0) is 56.7 Å². The fourth-order valence-electron chi connectivity index (χ4n) is 2.41. The van der Waals surface area contributed by atoms with Gasteiger partial charge in [0.15, 0.2) is 5.76 Å². The zero-order valence-corrected chi connectivity index (χ0v) is 14.4. The van der Waals surface area contributed by atoms with Crippen molar-refractivity contribution in [2.24, 2.45) is 0 Å². The van der Waals surface area contributed by atoms with Crippen molar-refractivity contribution in [2.45, 2.75) is 33.2 Å². The second-order valence-electron chi connectivity index (χ2n) is 6.00. The molecule has 1 N–H and O–H groups in total. The maximum absolute atomic E-state index is 13.2. The van der Waals surface area contributed by atoms with Gasteiger partial charge in [0.1, 0.15) is 23.0 Å². The Morgan fingerprint density at radius 1 is 1.28 bits per heavy atom. The molecule has 1 amide bonds. The van der Waals surface area contributed by atoms with Gasteiger partial charge in [-0.3, -0.25) is 4.79 Å². The van der Waals surface area contributed by atoms with Crippen molar-refractivity contribution >= 4 is 5.91 Å². The van der Waals surface area contributed by atoms with Crippen molar-refractivity contribution in [3.05, 3.63) is 59.7 Å². The predicted molar refractivity (Wildman–Crippen MR) is 93.2 cm³/mol. The lowest BCUT2D eigenvalue weighted by atomic mass is 10.2. The van der Waals surface area contributed by atoms with Crippen LogP contribution in [0.4, 0.5) is 4.39 Å². The van der Waals surface area contributed by atoms with E-state index in [0.29, 0.717) is 22.8 Å². The van der Waals surface area contributed by atoms with Crippen molar-refractivity contribution in [3.63, 3.8) is 0 Å². The first-order chi connectivity index (χ1) is 12.0. The van der Waals surface area contributed by atoms with Crippen LogP contribution in [0.15, 0.2) is 46.9 Å². The van der Waals surface area contributed by atoms with Gasteiger partial charge in [0.25, 0.3) is 5.91 Å². The maximum atomic E-state index is 13.2. The molecule has 2 aromatic heterocycles. The van der Waals surface area contributed by atoms with Crippen LogP contribution in [-0.2, 0) is 0 Å². The summed E-state index contributed by atoms with van der Waals surface area (Å²) in [6.45, 7) is 5.78. The third-order valence-electron chi connectivity index (χ3n) is 4.00. The van der Waals surface area contributed by atoms with Gasteiger partial charge in [-0.25, -0.2) is 9.07 Å². The highest BCUT2D eigenvalue weighted by molar-refractivity contribution is 5.94. The molecular formula is C19H20FN3O2. The SMILES string of the molecule is CCC(C)NC(=O)c1cc(-c2ccc(C)o2)nn1-c1ccc(F)cc1. The van der Waals surface area contributed by atoms with Crippen LogP contribution >= 0.6 is 0 Å². The van der Waals surface area contributed by atoms with E-state index in [2.05, 4.69) is 10.4 Å². The first-order valence-corrected chi connectivity index (χ1v) is 8.21. The van der Waals surface area contributed by atoms with Crippen LogP contribution in [0.3, 0.4) is 0 Å². The van der Waals surface area contributed by atoms with Crippen LogP contribution in [-0.4, -0.2) is 21.7 Å². The van der Waals surface area contributed by atoms with Crippen LogP contribution in [0.25, 0.3) is 17.1 Å². The van der Waals surface area contributed by atoms with Gasteiger partial charge in [0.05, 0.1) is 5.69 Å². The van der Waals surface area contributed by atoms with Gasteiger partial charge >= 0.3 is 0 Å². The van der Waals surface area contributed by atoms with E-state index in [9.17, 15) is 9.18 Å². The van der Waals surface area contributed by atoms with E-state index < -0.39 is 0 Å². The average molecular weight is 341 g/mol. The summed E-state index contributed by atoms with van der Waals surface area (Å²) >= 11 is 0. The summed E-state index contributed by atoms with van der Waals surface area (Å²) in [5.74, 6) is 0.761. The van der Waals surface area contributed by atoms with Crippen LogP contribution in [0.1, 0.15) is 36.5 Å². The smallest absolute Gasteiger partial charge is 0.270 e. The summed E-state index contributed by atoms with van der Waals surface area (Å²) in [5, 5.41) is 7.42. The predicted octanol–water partition coefficient (Wildman–Crippen LogP) is 4.11. The Balaban J connectivity index is 2.05. The number of aryl methyl sites for hydroxylation is 1. The Labute approximate surface area is 145 Å². The molecule has 1 atom stereocenters. The highest BCUT2D eigenvalue weighted by Gasteiger charge is 2.20. The lowest BCUT2D eigenvalue weighted by molar-refractivity contribution is 0.0931. The Kier molecular flexibility index (Phi) is 4.70. The van der Waals surface area contributed by atoms with Crippen LogP contribution in [0, 0.1) is 12.7 Å². The van der Waals surface area contributed by atoms with Gasteiger partial charge in [-0.1, -0.05) is 6.92 Å². The van der Waals surface area contributed by atoms with Crippen LogP contribution < -0.4 is 5.32 Å². The normalized spacial score (nSPS) is 12.2. The van der Waals surface area contributed by atoms with E-state index in [1.165, 1.54) is 16.8 Å². The monoisotopic (exact) mass is 341 g/mol. The maximum Gasteiger partial charge on any atom is 0.270 e. The minimum absolute atomic E-state index is 0.0402. The van der Waals surface area contributed by atoms with Crippen molar-refractivity contribution in [2.75, 3.05) is 0 Å². The molecule has 6 heteroatoms. The molecule has 0 aliphatic rings. The number of nitrogens with one attached hydrogen (secondary N) is 1. The van der Waals surface area contributed by atoms with E-state index >= 15 is 0 Å². The van der Waals surface area contributed by atoms with E-state index in [-0.39, 0.29) is 17.8 Å². The van der Waals surface area contributed by atoms with Gasteiger partial charge in [0, 0.05) is 12.1 Å². The standard InChI is InChI=1S/C19H20FN3O2/c1-4-12(2)21-19(24)17-11-16(18-10-5-13(3)25-18)22-23(17)15-8-6-14(20)7-9-15/h5-12H,4H2,1-3H3,(H,21,24). The molecule has 1 unspecified atom stereocenters. The number of rotatable bonds is 5. The Morgan fingerprint density at radius 2 is 2.00 bits per heavy atom. The van der Waals surface area contributed by atoms with Gasteiger partial charge in [-0.2, -0.15) is 5.10 Å². The van der Waals surface area contributed by atoms with E-state index in [4.69, 9.17) is 4.42 Å². The highest BCUT2D eigenvalue weighted by Crippen LogP contribution is 2.24. The van der Waals surface area contributed by atoms with E-state index in [0.717, 1.165) is 12.2 Å². The number of benzene rings is 1. The Morgan fingerprint density at radius 3 is 2.60 bits per heavy atom. The third kappa shape index (κ3) is 3.63. The van der Waals surface area contributed by atoms with Crippen LogP contribution in [0.2, 0.25) is 0 Å². The Bertz CT molecular complexity index is 880. The number of halogens is 1. The molecular weight excluding hydrogens is 321 g/mol. The number of hydrogen-bond acceptors (Lipinski definition) is 3. The fraction of sp³-hybridized carbons (Fsp3) is 0.263. The largest absolute Gasteiger partial charge is 0.460 e. The first-order valence-electron chi connectivity index (χ1n) is 8.21. The highest BCUT2D eigenvalue weighted by atomic mass is 19.1. The molecule has 2 heterocycles. The molecule has 3 aromatic rings. The first kappa shape index (κ1) is 17.0. The molecule has 0 aliphatic heterocycles. The molecule has 0 spiro atoms. The summed E-state index contributed by atoms with van der Waals surface area (Å²) in [4.78, 5) is 12.6. The third-order valence-corrected chi connectivity index (χ3v) is 4.00. The van der Waals surface area contributed by atoms with E-state index in [1.54, 1.807) is 18.2 Å². The molecule has 0 bridgehead atoms. The second kappa shape index (κ2) is 6.93. The number of hydrogen-bond donors (Lipinski definition) is 1. The molecule has 3 rings (SSSR count). The molecule has 0 fully saturated rings. The summed E-state index contributed by atoms with van der Waals surface area (Å²) in [6, 6.07) is 11.2. The summed E-state index contributed by atoms with van der Waals surface area (Å²) < 4.78 is 20.3. The lowest BCUT2D eigenvalue weighted by Gasteiger charge is -2.12. The average Bonchev–Trinajstić information content (AvgIpc) is 3.21. The molecule has 0 saturated heterocycles. The second-order valence-corrected chi connectivity index (χ2v) is 6.00. The lowest BCUT2D eigenvalue weighted by Crippen LogP contribution is -2.33. The Hall–Kier alpha value is -2.89. The zero-order valence-electron chi connectivity index (χ0n) is 14.4. The quantitative estimate of drug-likeness (QED) is 0.760. The molecule has 130 valence electrons. The number of furan rings is 1. The summed E-state index contributed by atoms with van der Waals surface area (Å²) in [7, 11) is 0. The number of aromatic nitrogens is 2. The number of carbonyl (C=O) groups is 1. The number of amides is 1. The van der Waals surface area contributed by atoms with Crippen LogP contribution in [0.5, 0.6) is 0 Å². The van der Waals surface area contributed by atoms with E-state index in [1.807, 2.05) is 32.9 Å². The molecule has 5 nitrogen and oxygen atoms in total. The van der Waals surface area contributed by atoms with Gasteiger partial charge < -0.3 is 9.73 Å². The zero-order chi connectivity index (χ0) is 18.0. The van der Waals surface area contributed by atoms with Gasteiger partial charge in [0.2, 0.25) is 0 Å². The van der Waals surface area contributed by atoms with Crippen molar-refractivity contribution < 1.29 is 13.6 Å². The molecule has 0 radical (unpaired) electrons. The number of carbonyl (C=O) groups excluding carboxylic acids is 1.